The fraction of sp³-hybridized carbons (Fsp3) is 0.444. The Hall–Kier alpha value is -2.45. The molecular weight excluding hydrogens is 343 g/mol. The highest BCUT2D eigenvalue weighted by atomic mass is 19.1. The van der Waals surface area contributed by atoms with E-state index in [-0.39, 0.29) is 19.0 Å². The van der Waals surface area contributed by atoms with Gasteiger partial charge in [-0.3, -0.25) is 0 Å². The normalized spacial score (nSPS) is 16.7. The highest BCUT2D eigenvalue weighted by molar-refractivity contribution is 5.89. The molecule has 2 aromatic rings. The number of halogens is 1. The molecular formula is C18H21FN2O5. The van der Waals surface area contributed by atoms with Crippen molar-refractivity contribution < 1.29 is 28.1 Å². The highest BCUT2D eigenvalue weighted by Crippen LogP contribution is 2.28. The van der Waals surface area contributed by atoms with Crippen molar-refractivity contribution in [1.82, 2.24) is 9.55 Å². The summed E-state index contributed by atoms with van der Waals surface area (Å²) >= 11 is 0. The van der Waals surface area contributed by atoms with Gasteiger partial charge in [0.2, 0.25) is 0 Å². The van der Waals surface area contributed by atoms with E-state index in [0.717, 1.165) is 5.56 Å². The smallest absolute Gasteiger partial charge is 0.358 e. The number of methoxy groups -OCH3 is 2. The van der Waals surface area contributed by atoms with Crippen molar-refractivity contribution in [1.29, 1.82) is 0 Å². The van der Waals surface area contributed by atoms with Gasteiger partial charge >= 0.3 is 5.97 Å². The summed E-state index contributed by atoms with van der Waals surface area (Å²) in [4.78, 5) is 16.6. The molecule has 1 aliphatic rings. The molecule has 1 aliphatic heterocycles. The average Bonchev–Trinajstić information content (AvgIpc) is 2.89. The summed E-state index contributed by atoms with van der Waals surface area (Å²) in [6.07, 6.45) is -0.109. The summed E-state index contributed by atoms with van der Waals surface area (Å²) < 4.78 is 35.7. The second-order valence-corrected chi connectivity index (χ2v) is 5.81. The quantitative estimate of drug-likeness (QED) is 0.578. The second kappa shape index (κ2) is 8.29. The predicted molar refractivity (Wildman–Crippen MR) is 90.9 cm³/mol. The van der Waals surface area contributed by atoms with Crippen LogP contribution in [0.2, 0.25) is 0 Å². The van der Waals surface area contributed by atoms with Crippen LogP contribution in [0, 0.1) is 0 Å². The molecule has 0 saturated heterocycles. The number of ether oxygens (including phenoxy) is 4. The lowest BCUT2D eigenvalue weighted by Gasteiger charge is -2.14. The molecule has 7 nitrogen and oxygen atoms in total. The molecule has 0 fully saturated rings. The van der Waals surface area contributed by atoms with Gasteiger partial charge < -0.3 is 23.5 Å². The molecule has 0 radical (unpaired) electrons. The number of hydrogen-bond acceptors (Lipinski definition) is 6. The van der Waals surface area contributed by atoms with Gasteiger partial charge in [0, 0.05) is 19.1 Å². The van der Waals surface area contributed by atoms with Gasteiger partial charge in [0.05, 0.1) is 26.0 Å². The number of carbonyl (C=O) groups is 1. The molecule has 26 heavy (non-hydrogen) atoms. The van der Waals surface area contributed by atoms with Crippen molar-refractivity contribution in [3.8, 4) is 17.1 Å². The Morgan fingerprint density at radius 3 is 2.77 bits per heavy atom. The van der Waals surface area contributed by atoms with Gasteiger partial charge in [0.25, 0.3) is 0 Å². The van der Waals surface area contributed by atoms with Crippen molar-refractivity contribution >= 4 is 5.97 Å². The van der Waals surface area contributed by atoms with E-state index in [1.165, 1.54) is 7.11 Å². The Labute approximate surface area is 150 Å². The first kappa shape index (κ1) is 18.3. The molecule has 0 aliphatic carbocycles. The Balaban J connectivity index is 2.00. The second-order valence-electron chi connectivity index (χ2n) is 5.81. The third-order valence-electron chi connectivity index (χ3n) is 4.16. The molecule has 0 saturated carbocycles. The fourth-order valence-electron chi connectivity index (χ4n) is 2.92. The SMILES string of the molecule is COCOc1ccc(-c2nc(C(=O)OC)c3n2CC(CF)OCC3)cc1. The summed E-state index contributed by atoms with van der Waals surface area (Å²) in [6, 6.07) is 7.23. The Morgan fingerprint density at radius 2 is 2.12 bits per heavy atom. The molecule has 0 spiro atoms. The Kier molecular flexibility index (Phi) is 5.85. The van der Waals surface area contributed by atoms with E-state index in [2.05, 4.69) is 4.98 Å². The van der Waals surface area contributed by atoms with Gasteiger partial charge in [0.15, 0.2) is 12.5 Å². The van der Waals surface area contributed by atoms with E-state index in [9.17, 15) is 9.18 Å². The van der Waals surface area contributed by atoms with Crippen LogP contribution >= 0.6 is 0 Å². The minimum absolute atomic E-state index is 0.153. The van der Waals surface area contributed by atoms with Gasteiger partial charge in [-0.1, -0.05) is 0 Å². The first-order valence-corrected chi connectivity index (χ1v) is 8.25. The monoisotopic (exact) mass is 364 g/mol. The zero-order valence-electron chi connectivity index (χ0n) is 14.7. The molecule has 1 atom stereocenters. The number of benzene rings is 1. The van der Waals surface area contributed by atoms with Gasteiger partial charge in [-0.15, -0.1) is 0 Å². The molecule has 3 rings (SSSR count). The lowest BCUT2D eigenvalue weighted by Crippen LogP contribution is -2.21. The van der Waals surface area contributed by atoms with Crippen LogP contribution in [0.3, 0.4) is 0 Å². The number of nitrogens with zero attached hydrogens (tertiary/aromatic N) is 2. The maximum atomic E-state index is 13.2. The van der Waals surface area contributed by atoms with Gasteiger partial charge in [-0.05, 0) is 24.3 Å². The molecule has 140 valence electrons. The van der Waals surface area contributed by atoms with E-state index < -0.39 is 18.7 Å². The highest BCUT2D eigenvalue weighted by Gasteiger charge is 2.28. The van der Waals surface area contributed by atoms with E-state index in [1.54, 1.807) is 19.2 Å². The van der Waals surface area contributed by atoms with Crippen LogP contribution in [-0.2, 0) is 27.2 Å². The van der Waals surface area contributed by atoms with E-state index in [0.29, 0.717) is 30.3 Å². The zero-order valence-corrected chi connectivity index (χ0v) is 14.7. The number of esters is 1. The average molecular weight is 364 g/mol. The van der Waals surface area contributed by atoms with Crippen LogP contribution in [0.1, 0.15) is 16.2 Å². The predicted octanol–water partition coefficient (Wildman–Crippen LogP) is 2.23. The van der Waals surface area contributed by atoms with Crippen LogP contribution in [-0.4, -0.2) is 55.9 Å². The summed E-state index contributed by atoms with van der Waals surface area (Å²) in [5, 5.41) is 0. The van der Waals surface area contributed by atoms with E-state index in [4.69, 9.17) is 18.9 Å². The zero-order chi connectivity index (χ0) is 18.5. The fourth-order valence-corrected chi connectivity index (χ4v) is 2.92. The molecule has 2 heterocycles. The van der Waals surface area contributed by atoms with Crippen LogP contribution in [0.25, 0.3) is 11.4 Å². The standard InChI is InChI=1S/C18H21FN2O5/c1-23-11-26-13-5-3-12(4-6-13)17-20-16(18(22)24-2)15-7-8-25-14(9-19)10-21(15)17/h3-6,14H,7-11H2,1-2H3. The number of hydrogen-bond donors (Lipinski definition) is 0. The number of carbonyl (C=O) groups excluding carboxylic acids is 1. The Bertz CT molecular complexity index is 760. The number of rotatable bonds is 6. The van der Waals surface area contributed by atoms with Crippen molar-refractivity contribution in [2.24, 2.45) is 0 Å². The van der Waals surface area contributed by atoms with Gasteiger partial charge in [-0.2, -0.15) is 0 Å². The van der Waals surface area contributed by atoms with Crippen molar-refractivity contribution in [2.45, 2.75) is 19.1 Å². The third kappa shape index (κ3) is 3.71. The lowest BCUT2D eigenvalue weighted by molar-refractivity contribution is 0.0355. The number of imidazole rings is 1. The maximum absolute atomic E-state index is 13.2. The van der Waals surface area contributed by atoms with Crippen LogP contribution in [0.4, 0.5) is 4.39 Å². The van der Waals surface area contributed by atoms with Crippen LogP contribution in [0.15, 0.2) is 24.3 Å². The number of alkyl halides is 1. The van der Waals surface area contributed by atoms with Crippen molar-refractivity contribution in [3.05, 3.63) is 35.7 Å². The lowest BCUT2D eigenvalue weighted by atomic mass is 10.2. The minimum Gasteiger partial charge on any atom is -0.468 e. The molecule has 0 amide bonds. The van der Waals surface area contributed by atoms with Gasteiger partial charge in [-0.25, -0.2) is 14.2 Å². The largest absolute Gasteiger partial charge is 0.468 e. The maximum Gasteiger partial charge on any atom is 0.358 e. The Morgan fingerprint density at radius 1 is 1.35 bits per heavy atom. The first-order chi connectivity index (χ1) is 12.7. The first-order valence-electron chi connectivity index (χ1n) is 8.25. The minimum atomic E-state index is -0.603. The summed E-state index contributed by atoms with van der Waals surface area (Å²) in [6.45, 7) is 0.162. The van der Waals surface area contributed by atoms with Crippen LogP contribution in [0.5, 0.6) is 5.75 Å². The summed E-state index contributed by atoms with van der Waals surface area (Å²) in [5.41, 5.74) is 1.72. The van der Waals surface area contributed by atoms with Gasteiger partial charge in [0.1, 0.15) is 24.4 Å². The van der Waals surface area contributed by atoms with Crippen molar-refractivity contribution in [2.75, 3.05) is 34.3 Å². The van der Waals surface area contributed by atoms with E-state index in [1.807, 2.05) is 16.7 Å². The molecule has 0 N–H and O–H groups in total. The van der Waals surface area contributed by atoms with E-state index >= 15 is 0 Å². The molecule has 1 unspecified atom stereocenters. The third-order valence-corrected chi connectivity index (χ3v) is 4.16. The van der Waals surface area contributed by atoms with Crippen molar-refractivity contribution in [3.63, 3.8) is 0 Å². The molecule has 0 bridgehead atoms. The summed E-state index contributed by atoms with van der Waals surface area (Å²) in [5.74, 6) is 0.706. The summed E-state index contributed by atoms with van der Waals surface area (Å²) in [7, 11) is 2.86. The molecule has 1 aromatic carbocycles. The topological polar surface area (TPSA) is 71.8 Å². The number of fused-ring (bicyclic) bond motifs is 1. The molecule has 1 aromatic heterocycles. The number of aromatic nitrogens is 2. The molecule has 8 heteroatoms. The van der Waals surface area contributed by atoms with Crippen LogP contribution < -0.4 is 4.74 Å².